The summed E-state index contributed by atoms with van der Waals surface area (Å²) >= 11 is 0. The molecular weight excluding hydrogens is 310 g/mol. The lowest BCUT2D eigenvalue weighted by atomic mass is 10.4. The van der Waals surface area contributed by atoms with Crippen molar-refractivity contribution in [3.05, 3.63) is 34.4 Å². The Kier molecular flexibility index (Phi) is 4.78. The van der Waals surface area contributed by atoms with Crippen LogP contribution in [0.2, 0.25) is 0 Å². The first kappa shape index (κ1) is 16.0. The minimum Gasteiger partial charge on any atom is -0.354 e. The number of hydrogen-bond acceptors (Lipinski definition) is 5. The van der Waals surface area contributed by atoms with Crippen molar-refractivity contribution in [3.8, 4) is 0 Å². The first-order valence-electron chi connectivity index (χ1n) is 7.98. The van der Waals surface area contributed by atoms with Gasteiger partial charge in [-0.15, -0.1) is 0 Å². The molecule has 2 aromatic rings. The van der Waals surface area contributed by atoms with Crippen LogP contribution in [0.1, 0.15) is 18.5 Å². The lowest BCUT2D eigenvalue weighted by Crippen LogP contribution is -2.33. The van der Waals surface area contributed by atoms with E-state index in [0.717, 1.165) is 6.54 Å². The van der Waals surface area contributed by atoms with Crippen molar-refractivity contribution in [2.75, 3.05) is 23.7 Å². The van der Waals surface area contributed by atoms with Crippen LogP contribution < -0.4 is 21.5 Å². The number of amides is 2. The van der Waals surface area contributed by atoms with Gasteiger partial charge in [0.1, 0.15) is 5.82 Å². The van der Waals surface area contributed by atoms with Crippen LogP contribution in [-0.4, -0.2) is 38.9 Å². The van der Waals surface area contributed by atoms with Crippen LogP contribution in [0.5, 0.6) is 0 Å². The van der Waals surface area contributed by atoms with E-state index in [1.165, 1.54) is 18.9 Å². The Morgan fingerprint density at radius 2 is 2.25 bits per heavy atom. The summed E-state index contributed by atoms with van der Waals surface area (Å²) in [6.07, 6.45) is 4.14. The van der Waals surface area contributed by atoms with Crippen molar-refractivity contribution in [1.82, 2.24) is 25.1 Å². The molecule has 3 rings (SSSR count). The number of anilines is 2. The first-order chi connectivity index (χ1) is 11.6. The molecule has 0 unspecified atom stereocenters. The summed E-state index contributed by atoms with van der Waals surface area (Å²) in [5, 5.41) is 12.7. The van der Waals surface area contributed by atoms with E-state index in [0.29, 0.717) is 36.5 Å². The van der Waals surface area contributed by atoms with Crippen LogP contribution in [0.15, 0.2) is 23.1 Å². The molecular formula is C15H21N7O2. The van der Waals surface area contributed by atoms with Gasteiger partial charge in [0.2, 0.25) is 5.95 Å². The van der Waals surface area contributed by atoms with Gasteiger partial charge >= 0.3 is 6.03 Å². The number of urea groups is 1. The van der Waals surface area contributed by atoms with Crippen molar-refractivity contribution in [2.45, 2.75) is 26.3 Å². The molecule has 0 spiro atoms. The number of aromatic amines is 1. The summed E-state index contributed by atoms with van der Waals surface area (Å²) in [5.41, 5.74) is 0.426. The standard InChI is InChI=1S/C15H21N7O2/c1-10-8-13(23)21-14(19-10)16-6-7-17-15(24)20-12-4-5-18-22(12)9-11-2-3-11/h4-5,8,11H,2-3,6-7,9H2,1H3,(H2,17,20,24)(H2,16,19,21,23). The molecule has 2 amide bonds. The number of carbonyl (C=O) groups excluding carboxylic acids is 1. The smallest absolute Gasteiger partial charge is 0.320 e. The van der Waals surface area contributed by atoms with Gasteiger partial charge in [0.05, 0.1) is 6.20 Å². The number of nitrogens with one attached hydrogen (secondary N) is 4. The highest BCUT2D eigenvalue weighted by atomic mass is 16.2. The van der Waals surface area contributed by atoms with Gasteiger partial charge in [-0.25, -0.2) is 14.5 Å². The average Bonchev–Trinajstić information content (AvgIpc) is 3.23. The van der Waals surface area contributed by atoms with Crippen molar-refractivity contribution >= 4 is 17.8 Å². The van der Waals surface area contributed by atoms with E-state index < -0.39 is 0 Å². The second kappa shape index (κ2) is 7.16. The van der Waals surface area contributed by atoms with E-state index in [2.05, 4.69) is 31.0 Å². The van der Waals surface area contributed by atoms with E-state index in [1.54, 1.807) is 19.2 Å². The zero-order valence-electron chi connectivity index (χ0n) is 13.5. The average molecular weight is 331 g/mol. The van der Waals surface area contributed by atoms with E-state index >= 15 is 0 Å². The fourth-order valence-electron chi connectivity index (χ4n) is 2.31. The molecule has 0 radical (unpaired) electrons. The molecule has 0 bridgehead atoms. The quantitative estimate of drug-likeness (QED) is 0.563. The fraction of sp³-hybridized carbons (Fsp3) is 0.467. The van der Waals surface area contributed by atoms with Crippen molar-refractivity contribution < 1.29 is 4.79 Å². The highest BCUT2D eigenvalue weighted by Crippen LogP contribution is 2.31. The van der Waals surface area contributed by atoms with E-state index in [9.17, 15) is 9.59 Å². The first-order valence-corrected chi connectivity index (χ1v) is 7.98. The van der Waals surface area contributed by atoms with Crippen LogP contribution >= 0.6 is 0 Å². The van der Waals surface area contributed by atoms with Crippen LogP contribution in [0.25, 0.3) is 0 Å². The van der Waals surface area contributed by atoms with Gasteiger partial charge in [-0.1, -0.05) is 0 Å². The van der Waals surface area contributed by atoms with E-state index in [4.69, 9.17) is 0 Å². The molecule has 1 fully saturated rings. The molecule has 4 N–H and O–H groups in total. The largest absolute Gasteiger partial charge is 0.354 e. The number of H-pyrrole nitrogens is 1. The third kappa shape index (κ3) is 4.58. The summed E-state index contributed by atoms with van der Waals surface area (Å²) in [5.74, 6) is 1.77. The van der Waals surface area contributed by atoms with Gasteiger partial charge in [-0.2, -0.15) is 5.10 Å². The van der Waals surface area contributed by atoms with Crippen LogP contribution in [0, 0.1) is 12.8 Å². The van der Waals surface area contributed by atoms with Gasteiger partial charge in [-0.05, 0) is 25.7 Å². The minimum atomic E-state index is -0.292. The molecule has 1 aliphatic rings. The summed E-state index contributed by atoms with van der Waals surface area (Å²) < 4.78 is 1.82. The molecule has 1 aliphatic carbocycles. The normalized spacial score (nSPS) is 13.5. The number of rotatable bonds is 7. The highest BCUT2D eigenvalue weighted by molar-refractivity contribution is 5.88. The molecule has 0 atom stereocenters. The molecule has 24 heavy (non-hydrogen) atoms. The van der Waals surface area contributed by atoms with Crippen molar-refractivity contribution in [1.29, 1.82) is 0 Å². The Morgan fingerprint density at radius 3 is 3.00 bits per heavy atom. The maximum Gasteiger partial charge on any atom is 0.320 e. The van der Waals surface area contributed by atoms with Crippen LogP contribution in [-0.2, 0) is 6.54 Å². The van der Waals surface area contributed by atoms with Crippen LogP contribution in [0.3, 0.4) is 0 Å². The number of aromatic nitrogens is 4. The minimum absolute atomic E-state index is 0.209. The Balaban J connectivity index is 1.41. The third-order valence-electron chi connectivity index (χ3n) is 3.66. The molecule has 0 saturated heterocycles. The molecule has 9 nitrogen and oxygen atoms in total. The zero-order chi connectivity index (χ0) is 16.9. The number of carbonyl (C=O) groups is 1. The zero-order valence-corrected chi connectivity index (χ0v) is 13.5. The SMILES string of the molecule is Cc1cc(=O)[nH]c(NCCNC(=O)Nc2ccnn2CC2CC2)n1. The second-order valence-corrected chi connectivity index (χ2v) is 5.88. The van der Waals surface area contributed by atoms with Gasteiger partial charge < -0.3 is 10.6 Å². The molecule has 0 aromatic carbocycles. The molecule has 1 saturated carbocycles. The summed E-state index contributed by atoms with van der Waals surface area (Å²) in [4.78, 5) is 30.0. The number of aryl methyl sites for hydroxylation is 1. The van der Waals surface area contributed by atoms with Gasteiger partial charge in [0.25, 0.3) is 5.56 Å². The van der Waals surface area contributed by atoms with Gasteiger partial charge in [0, 0.05) is 37.5 Å². The lowest BCUT2D eigenvalue weighted by molar-refractivity contribution is 0.252. The fourth-order valence-corrected chi connectivity index (χ4v) is 2.31. The molecule has 2 aromatic heterocycles. The van der Waals surface area contributed by atoms with E-state index in [1.807, 2.05) is 4.68 Å². The van der Waals surface area contributed by atoms with E-state index in [-0.39, 0.29) is 11.6 Å². The molecule has 0 aliphatic heterocycles. The summed E-state index contributed by atoms with van der Waals surface area (Å²) in [6, 6.07) is 2.91. The van der Waals surface area contributed by atoms with Crippen molar-refractivity contribution in [3.63, 3.8) is 0 Å². The Bertz CT molecular complexity index is 763. The highest BCUT2D eigenvalue weighted by Gasteiger charge is 2.23. The maximum absolute atomic E-state index is 11.9. The maximum atomic E-state index is 11.9. The second-order valence-electron chi connectivity index (χ2n) is 5.88. The summed E-state index contributed by atoms with van der Waals surface area (Å²) in [6.45, 7) is 3.43. The predicted molar refractivity (Wildman–Crippen MR) is 90.1 cm³/mol. The third-order valence-corrected chi connectivity index (χ3v) is 3.66. The lowest BCUT2D eigenvalue weighted by Gasteiger charge is -2.10. The Morgan fingerprint density at radius 1 is 1.42 bits per heavy atom. The molecule has 128 valence electrons. The Hall–Kier alpha value is -2.84. The number of hydrogen-bond donors (Lipinski definition) is 4. The molecule has 9 heteroatoms. The van der Waals surface area contributed by atoms with Gasteiger partial charge in [-0.3, -0.25) is 15.1 Å². The summed E-state index contributed by atoms with van der Waals surface area (Å²) in [7, 11) is 0. The monoisotopic (exact) mass is 331 g/mol. The van der Waals surface area contributed by atoms with Crippen LogP contribution in [0.4, 0.5) is 16.6 Å². The predicted octanol–water partition coefficient (Wildman–Crippen LogP) is 0.918. The Labute approximate surface area is 138 Å². The number of nitrogens with zero attached hydrogens (tertiary/aromatic N) is 3. The van der Waals surface area contributed by atoms with Crippen molar-refractivity contribution in [2.24, 2.45) is 5.92 Å². The van der Waals surface area contributed by atoms with Gasteiger partial charge in [0.15, 0.2) is 0 Å². The molecule has 2 heterocycles. The topological polar surface area (TPSA) is 117 Å².